The van der Waals surface area contributed by atoms with Gasteiger partial charge in [-0.15, -0.1) is 0 Å². The zero-order valence-electron chi connectivity index (χ0n) is 15.4. The molecule has 0 bridgehead atoms. The summed E-state index contributed by atoms with van der Waals surface area (Å²) in [4.78, 5) is 12.8. The summed E-state index contributed by atoms with van der Waals surface area (Å²) in [5.41, 5.74) is 2.52. The number of hydrogen-bond acceptors (Lipinski definition) is 3. The second-order valence-electron chi connectivity index (χ2n) is 6.45. The third-order valence-corrected chi connectivity index (χ3v) is 4.36. The molecule has 2 aromatic heterocycles. The Morgan fingerprint density at radius 3 is 2.50 bits per heavy atom. The minimum Gasteiger partial charge on any atom is -0.466 e. The smallest absolute Gasteiger partial charge is 0.260 e. The molecule has 0 unspecified atom stereocenters. The van der Waals surface area contributed by atoms with Crippen LogP contribution in [0.2, 0.25) is 0 Å². The van der Waals surface area contributed by atoms with Gasteiger partial charge in [0, 0.05) is 11.6 Å². The van der Waals surface area contributed by atoms with Crippen LogP contribution in [0.1, 0.15) is 21.9 Å². The van der Waals surface area contributed by atoms with E-state index in [0.29, 0.717) is 34.3 Å². The molecule has 1 N–H and O–H groups in total. The van der Waals surface area contributed by atoms with Gasteiger partial charge in [-0.3, -0.25) is 4.79 Å². The number of nitrogens with zero attached hydrogens (tertiary/aromatic N) is 2. The molecular weight excluding hydrogens is 357 g/mol. The van der Waals surface area contributed by atoms with Crippen LogP contribution >= 0.6 is 0 Å². The molecule has 6 heteroatoms. The minimum absolute atomic E-state index is 0.313. The molecule has 2 aromatic carbocycles. The molecule has 0 aliphatic rings. The van der Waals surface area contributed by atoms with E-state index in [0.717, 1.165) is 5.56 Å². The lowest BCUT2D eigenvalue weighted by Crippen LogP contribution is -2.15. The Bertz CT molecular complexity index is 1150. The van der Waals surface area contributed by atoms with E-state index in [2.05, 4.69) is 10.4 Å². The molecule has 0 aliphatic heterocycles. The lowest BCUT2D eigenvalue weighted by molar-refractivity contribution is 0.102. The third-order valence-electron chi connectivity index (χ3n) is 4.36. The SMILES string of the molecule is Cc1cc(C(=O)Nc2cc(-c3ccccc3)nn2-c2cccc(F)c2)c(C)o1. The molecule has 5 nitrogen and oxygen atoms in total. The predicted octanol–water partition coefficient (Wildman–Crippen LogP) is 5.14. The monoisotopic (exact) mass is 375 g/mol. The zero-order chi connectivity index (χ0) is 19.7. The van der Waals surface area contributed by atoms with Gasteiger partial charge >= 0.3 is 0 Å². The lowest BCUT2D eigenvalue weighted by atomic mass is 10.1. The molecule has 0 spiro atoms. The Hall–Kier alpha value is -3.67. The van der Waals surface area contributed by atoms with E-state index in [4.69, 9.17) is 4.42 Å². The molecule has 140 valence electrons. The van der Waals surface area contributed by atoms with Crippen LogP contribution < -0.4 is 5.32 Å². The number of hydrogen-bond donors (Lipinski definition) is 1. The number of anilines is 1. The molecule has 0 saturated heterocycles. The van der Waals surface area contributed by atoms with E-state index in [1.807, 2.05) is 30.3 Å². The first-order valence-corrected chi connectivity index (χ1v) is 8.81. The van der Waals surface area contributed by atoms with Crippen LogP contribution in [0.15, 0.2) is 71.1 Å². The maximum Gasteiger partial charge on any atom is 0.260 e. The molecule has 0 aliphatic carbocycles. The number of halogens is 1. The van der Waals surface area contributed by atoms with Gasteiger partial charge in [0.05, 0.1) is 16.9 Å². The Balaban J connectivity index is 1.77. The van der Waals surface area contributed by atoms with Gasteiger partial charge in [0.15, 0.2) is 0 Å². The van der Waals surface area contributed by atoms with Crippen LogP contribution in [0, 0.1) is 19.7 Å². The Morgan fingerprint density at radius 1 is 1.04 bits per heavy atom. The van der Waals surface area contributed by atoms with Gasteiger partial charge in [-0.05, 0) is 38.1 Å². The van der Waals surface area contributed by atoms with E-state index in [9.17, 15) is 9.18 Å². The molecule has 2 heterocycles. The number of aryl methyl sites for hydroxylation is 2. The summed E-state index contributed by atoms with van der Waals surface area (Å²) in [7, 11) is 0. The predicted molar refractivity (Wildman–Crippen MR) is 105 cm³/mol. The van der Waals surface area contributed by atoms with Gasteiger partial charge in [-0.25, -0.2) is 9.07 Å². The highest BCUT2D eigenvalue weighted by Crippen LogP contribution is 2.26. The fraction of sp³-hybridized carbons (Fsp3) is 0.0909. The van der Waals surface area contributed by atoms with Crippen molar-refractivity contribution in [1.29, 1.82) is 0 Å². The zero-order valence-corrected chi connectivity index (χ0v) is 15.4. The quantitative estimate of drug-likeness (QED) is 0.537. The maximum atomic E-state index is 13.8. The van der Waals surface area contributed by atoms with E-state index in [-0.39, 0.29) is 11.7 Å². The summed E-state index contributed by atoms with van der Waals surface area (Å²) in [6, 6.07) is 19.1. The van der Waals surface area contributed by atoms with Gasteiger partial charge in [-0.2, -0.15) is 5.10 Å². The van der Waals surface area contributed by atoms with E-state index in [1.54, 1.807) is 38.1 Å². The Labute approximate surface area is 161 Å². The second-order valence-corrected chi connectivity index (χ2v) is 6.45. The molecule has 0 radical (unpaired) electrons. The van der Waals surface area contributed by atoms with Crippen LogP contribution in [0.3, 0.4) is 0 Å². The van der Waals surface area contributed by atoms with Crippen LogP contribution in [-0.4, -0.2) is 15.7 Å². The van der Waals surface area contributed by atoms with Crippen molar-refractivity contribution >= 4 is 11.7 Å². The Kier molecular flexibility index (Phi) is 4.53. The first kappa shape index (κ1) is 17.7. The van der Waals surface area contributed by atoms with Crippen molar-refractivity contribution in [3.63, 3.8) is 0 Å². The minimum atomic E-state index is -0.382. The van der Waals surface area contributed by atoms with Crippen molar-refractivity contribution in [2.24, 2.45) is 0 Å². The largest absolute Gasteiger partial charge is 0.466 e. The highest BCUT2D eigenvalue weighted by Gasteiger charge is 2.18. The fourth-order valence-corrected chi connectivity index (χ4v) is 3.06. The topological polar surface area (TPSA) is 60.1 Å². The highest BCUT2D eigenvalue weighted by atomic mass is 19.1. The van der Waals surface area contributed by atoms with Crippen molar-refractivity contribution in [1.82, 2.24) is 9.78 Å². The average molecular weight is 375 g/mol. The van der Waals surface area contributed by atoms with Gasteiger partial charge in [0.2, 0.25) is 0 Å². The molecule has 4 aromatic rings. The summed E-state index contributed by atoms with van der Waals surface area (Å²) in [5, 5.41) is 7.45. The molecule has 0 atom stereocenters. The van der Waals surface area contributed by atoms with E-state index >= 15 is 0 Å². The number of aromatic nitrogens is 2. The van der Waals surface area contributed by atoms with Crippen molar-refractivity contribution in [2.75, 3.05) is 5.32 Å². The molecular formula is C22H18FN3O2. The number of nitrogens with one attached hydrogen (secondary N) is 1. The van der Waals surface area contributed by atoms with Gasteiger partial charge in [0.25, 0.3) is 5.91 Å². The first-order chi connectivity index (χ1) is 13.5. The number of amides is 1. The molecule has 1 amide bonds. The normalized spacial score (nSPS) is 10.8. The third kappa shape index (κ3) is 3.44. The molecule has 0 saturated carbocycles. The Morgan fingerprint density at radius 2 is 1.82 bits per heavy atom. The van der Waals surface area contributed by atoms with Crippen LogP contribution in [0.25, 0.3) is 16.9 Å². The fourth-order valence-electron chi connectivity index (χ4n) is 3.06. The molecule has 4 rings (SSSR count). The number of furan rings is 1. The van der Waals surface area contributed by atoms with E-state index < -0.39 is 0 Å². The number of rotatable bonds is 4. The summed E-state index contributed by atoms with van der Waals surface area (Å²) in [6.07, 6.45) is 0. The van der Waals surface area contributed by atoms with Crippen LogP contribution in [0.4, 0.5) is 10.2 Å². The first-order valence-electron chi connectivity index (χ1n) is 8.81. The summed E-state index contributed by atoms with van der Waals surface area (Å²) in [6.45, 7) is 3.52. The van der Waals surface area contributed by atoms with Crippen molar-refractivity contribution < 1.29 is 13.6 Å². The van der Waals surface area contributed by atoms with Crippen molar-refractivity contribution in [3.05, 3.63) is 89.6 Å². The average Bonchev–Trinajstić information content (AvgIpc) is 3.25. The lowest BCUT2D eigenvalue weighted by Gasteiger charge is -2.08. The highest BCUT2D eigenvalue weighted by molar-refractivity contribution is 6.05. The summed E-state index contributed by atoms with van der Waals surface area (Å²) >= 11 is 0. The van der Waals surface area contributed by atoms with Crippen LogP contribution in [0.5, 0.6) is 0 Å². The molecule has 0 fully saturated rings. The maximum absolute atomic E-state index is 13.8. The van der Waals surface area contributed by atoms with E-state index in [1.165, 1.54) is 16.8 Å². The van der Waals surface area contributed by atoms with Crippen LogP contribution in [-0.2, 0) is 0 Å². The number of carbonyl (C=O) groups excluding carboxylic acids is 1. The van der Waals surface area contributed by atoms with Gasteiger partial charge in [-0.1, -0.05) is 36.4 Å². The summed E-state index contributed by atoms with van der Waals surface area (Å²) in [5.74, 6) is 0.938. The standard InChI is InChI=1S/C22H18FN3O2/c1-14-11-19(15(2)28-14)22(27)24-21-13-20(16-7-4-3-5-8-16)25-26(21)18-10-6-9-17(23)12-18/h3-13H,1-2H3,(H,24,27). The summed E-state index contributed by atoms with van der Waals surface area (Å²) < 4.78 is 20.7. The number of carbonyl (C=O) groups is 1. The number of benzene rings is 2. The second kappa shape index (κ2) is 7.15. The van der Waals surface area contributed by atoms with Gasteiger partial charge < -0.3 is 9.73 Å². The molecule has 28 heavy (non-hydrogen) atoms. The van der Waals surface area contributed by atoms with Crippen molar-refractivity contribution in [3.8, 4) is 16.9 Å². The van der Waals surface area contributed by atoms with Crippen molar-refractivity contribution in [2.45, 2.75) is 13.8 Å². The van der Waals surface area contributed by atoms with Gasteiger partial charge in [0.1, 0.15) is 23.2 Å².